The quantitative estimate of drug-likeness (QED) is 0.331. The molecule has 1 atom stereocenters. The molecule has 3 heterocycles. The number of halogens is 2. The summed E-state index contributed by atoms with van der Waals surface area (Å²) >= 11 is 0. The Hall–Kier alpha value is -4.17. The summed E-state index contributed by atoms with van der Waals surface area (Å²) < 4.78 is 31.1. The van der Waals surface area contributed by atoms with Crippen molar-refractivity contribution in [2.75, 3.05) is 5.32 Å². The molecule has 0 bridgehead atoms. The molecule has 0 radical (unpaired) electrons. The zero-order chi connectivity index (χ0) is 27.2. The summed E-state index contributed by atoms with van der Waals surface area (Å²) in [5.41, 5.74) is 3.98. The molecule has 1 aliphatic carbocycles. The van der Waals surface area contributed by atoms with Gasteiger partial charge in [-0.15, -0.1) is 0 Å². The van der Waals surface area contributed by atoms with Crippen molar-refractivity contribution >= 4 is 11.6 Å². The molecule has 1 unspecified atom stereocenters. The third kappa shape index (κ3) is 4.87. The fraction of sp³-hybridized carbons (Fsp3) is 0.370. The van der Waals surface area contributed by atoms with E-state index in [2.05, 4.69) is 26.5 Å². The van der Waals surface area contributed by atoms with Crippen LogP contribution in [0.5, 0.6) is 0 Å². The summed E-state index contributed by atoms with van der Waals surface area (Å²) in [7, 11) is 0. The molecule has 4 aromatic rings. The first-order chi connectivity index (χ1) is 18.1. The number of aryl methyl sites for hydroxylation is 1. The van der Waals surface area contributed by atoms with Gasteiger partial charge in [0.25, 0.3) is 5.92 Å². The van der Waals surface area contributed by atoms with Gasteiger partial charge in [0.15, 0.2) is 5.82 Å². The Kier molecular flexibility index (Phi) is 6.44. The van der Waals surface area contributed by atoms with Gasteiger partial charge in [0.1, 0.15) is 24.1 Å². The number of hydrogen-bond acceptors (Lipinski definition) is 7. The van der Waals surface area contributed by atoms with Crippen LogP contribution in [0.2, 0.25) is 0 Å². The molecule has 1 saturated carbocycles. The van der Waals surface area contributed by atoms with Crippen molar-refractivity contribution in [3.05, 3.63) is 64.7 Å². The molecule has 5 rings (SSSR count). The SMILES string of the molecule is Cc1nn(-c2cc(Nc3c(C)c(-c4ccc(C#N)cc4)nn3CC3CC3)ncn2)c(C)c1C(O)C(C)(F)F. The van der Waals surface area contributed by atoms with Crippen molar-refractivity contribution in [2.24, 2.45) is 5.92 Å². The van der Waals surface area contributed by atoms with E-state index >= 15 is 0 Å². The highest BCUT2D eigenvalue weighted by atomic mass is 19.3. The molecule has 1 aromatic carbocycles. The zero-order valence-electron chi connectivity index (χ0n) is 21.6. The number of nitriles is 1. The minimum atomic E-state index is -3.31. The maximum atomic E-state index is 13.9. The number of rotatable bonds is 8. The van der Waals surface area contributed by atoms with E-state index in [4.69, 9.17) is 10.4 Å². The van der Waals surface area contributed by atoms with Crippen molar-refractivity contribution in [1.29, 1.82) is 5.26 Å². The van der Waals surface area contributed by atoms with Crippen molar-refractivity contribution < 1.29 is 13.9 Å². The number of anilines is 2. The summed E-state index contributed by atoms with van der Waals surface area (Å²) in [6.45, 7) is 6.63. The van der Waals surface area contributed by atoms with E-state index in [1.807, 2.05) is 23.7 Å². The number of aromatic nitrogens is 6. The van der Waals surface area contributed by atoms with E-state index in [0.717, 1.165) is 42.0 Å². The Labute approximate surface area is 218 Å². The van der Waals surface area contributed by atoms with Gasteiger partial charge < -0.3 is 10.4 Å². The minimum Gasteiger partial charge on any atom is -0.382 e. The van der Waals surface area contributed by atoms with Crippen molar-refractivity contribution in [2.45, 2.75) is 59.1 Å². The highest BCUT2D eigenvalue weighted by molar-refractivity contribution is 5.72. The number of nitrogens with zero attached hydrogens (tertiary/aromatic N) is 7. The smallest absolute Gasteiger partial charge is 0.274 e. The molecular formula is C27H28F2N8O. The second-order valence-corrected chi connectivity index (χ2v) is 9.88. The van der Waals surface area contributed by atoms with Gasteiger partial charge in [-0.2, -0.15) is 15.5 Å². The lowest BCUT2D eigenvalue weighted by Crippen LogP contribution is -2.23. The average Bonchev–Trinajstić information content (AvgIpc) is 3.59. The number of aliphatic hydroxyl groups is 1. The minimum absolute atomic E-state index is 0.0797. The standard InChI is InChI=1S/C27H28F2N8O/c1-15-24(20-9-7-18(12-30)8-10-20)35-36(13-19-5-6-19)26(15)33-21-11-22(32-14-31-21)37-17(3)23(16(2)34-37)25(38)27(4,28)29/h7-11,14,19,25,38H,5-6,13H2,1-4H3,(H,31,32,33). The van der Waals surface area contributed by atoms with Gasteiger partial charge in [-0.3, -0.25) is 0 Å². The zero-order valence-corrected chi connectivity index (χ0v) is 21.6. The second-order valence-electron chi connectivity index (χ2n) is 9.88. The molecule has 2 N–H and O–H groups in total. The average molecular weight is 519 g/mol. The topological polar surface area (TPSA) is 117 Å². The Bertz CT molecular complexity index is 1520. The predicted octanol–water partition coefficient (Wildman–Crippen LogP) is 5.16. The fourth-order valence-corrected chi connectivity index (χ4v) is 4.54. The van der Waals surface area contributed by atoms with Crippen LogP contribution in [-0.2, 0) is 6.54 Å². The lowest BCUT2D eigenvalue weighted by atomic mass is 10.0. The van der Waals surface area contributed by atoms with Gasteiger partial charge in [-0.05, 0) is 51.7 Å². The Morgan fingerprint density at radius 2 is 1.87 bits per heavy atom. The second kappa shape index (κ2) is 9.61. The van der Waals surface area contributed by atoms with Gasteiger partial charge in [-0.1, -0.05) is 12.1 Å². The molecule has 9 nitrogen and oxygen atoms in total. The third-order valence-electron chi connectivity index (χ3n) is 6.82. The molecule has 1 fully saturated rings. The maximum Gasteiger partial charge on any atom is 0.274 e. The maximum absolute atomic E-state index is 13.9. The largest absolute Gasteiger partial charge is 0.382 e. The van der Waals surface area contributed by atoms with Crippen LogP contribution in [0.1, 0.15) is 53.9 Å². The number of hydrogen-bond donors (Lipinski definition) is 2. The van der Waals surface area contributed by atoms with Crippen LogP contribution in [0.25, 0.3) is 17.1 Å². The lowest BCUT2D eigenvalue weighted by Gasteiger charge is -2.18. The Morgan fingerprint density at radius 1 is 1.16 bits per heavy atom. The Morgan fingerprint density at radius 3 is 2.50 bits per heavy atom. The molecule has 0 amide bonds. The summed E-state index contributed by atoms with van der Waals surface area (Å²) in [4.78, 5) is 8.66. The fourth-order valence-electron chi connectivity index (χ4n) is 4.54. The van der Waals surface area contributed by atoms with Gasteiger partial charge in [-0.25, -0.2) is 28.1 Å². The number of nitrogens with one attached hydrogen (secondary N) is 1. The van der Waals surface area contributed by atoms with Gasteiger partial charge in [0, 0.05) is 41.9 Å². The first kappa shape index (κ1) is 25.5. The van der Waals surface area contributed by atoms with E-state index in [1.54, 1.807) is 32.0 Å². The third-order valence-corrected chi connectivity index (χ3v) is 6.82. The van der Waals surface area contributed by atoms with Gasteiger partial charge >= 0.3 is 0 Å². The first-order valence-corrected chi connectivity index (χ1v) is 12.4. The van der Waals surface area contributed by atoms with Crippen molar-refractivity contribution in [1.82, 2.24) is 29.5 Å². The van der Waals surface area contributed by atoms with E-state index in [1.165, 1.54) is 11.0 Å². The van der Waals surface area contributed by atoms with E-state index in [-0.39, 0.29) is 5.56 Å². The summed E-state index contributed by atoms with van der Waals surface area (Å²) in [6.07, 6.45) is 1.71. The van der Waals surface area contributed by atoms with E-state index < -0.39 is 12.0 Å². The molecule has 0 saturated heterocycles. The lowest BCUT2D eigenvalue weighted by molar-refractivity contribution is -0.0959. The number of aliphatic hydroxyl groups excluding tert-OH is 1. The van der Waals surface area contributed by atoms with Crippen molar-refractivity contribution in [3.63, 3.8) is 0 Å². The van der Waals surface area contributed by atoms with Crippen LogP contribution >= 0.6 is 0 Å². The molecule has 0 spiro atoms. The van der Waals surface area contributed by atoms with Gasteiger partial charge in [0.2, 0.25) is 0 Å². The molecule has 0 aliphatic heterocycles. The monoisotopic (exact) mass is 518 g/mol. The molecule has 11 heteroatoms. The van der Waals surface area contributed by atoms with E-state index in [9.17, 15) is 13.9 Å². The van der Waals surface area contributed by atoms with Crippen LogP contribution in [-0.4, -0.2) is 40.6 Å². The number of alkyl halides is 2. The molecule has 1 aliphatic rings. The molecule has 38 heavy (non-hydrogen) atoms. The first-order valence-electron chi connectivity index (χ1n) is 12.4. The summed E-state index contributed by atoms with van der Waals surface area (Å²) in [5, 5.41) is 32.0. The normalized spacial score (nSPS) is 14.4. The Balaban J connectivity index is 1.50. The van der Waals surface area contributed by atoms with Gasteiger partial charge in [0.05, 0.1) is 23.0 Å². The highest BCUT2D eigenvalue weighted by Gasteiger charge is 2.37. The van der Waals surface area contributed by atoms with Crippen molar-refractivity contribution in [3.8, 4) is 23.1 Å². The summed E-state index contributed by atoms with van der Waals surface area (Å²) in [6, 6.07) is 11.1. The molecular weight excluding hydrogens is 490 g/mol. The van der Waals surface area contributed by atoms with E-state index in [0.29, 0.717) is 41.4 Å². The highest BCUT2D eigenvalue weighted by Crippen LogP contribution is 2.37. The molecule has 196 valence electrons. The van der Waals surface area contributed by atoms with Crippen LogP contribution in [0.3, 0.4) is 0 Å². The van der Waals surface area contributed by atoms with Crippen LogP contribution < -0.4 is 5.32 Å². The van der Waals surface area contributed by atoms with Crippen LogP contribution in [0.4, 0.5) is 20.4 Å². The molecule has 3 aromatic heterocycles. The predicted molar refractivity (Wildman–Crippen MR) is 137 cm³/mol. The number of benzene rings is 1. The van der Waals surface area contributed by atoms with Crippen LogP contribution in [0.15, 0.2) is 36.7 Å². The summed E-state index contributed by atoms with van der Waals surface area (Å²) in [5.74, 6) is -1.10. The van der Waals surface area contributed by atoms with Crippen LogP contribution in [0, 0.1) is 38.0 Å².